The SMILES string of the molecule is CC1C=NC(N(C(=O)C2CC=CO2)C2CCN(CCC(O)C3CCCCC3)CC2)=CC1. The molecule has 3 unspecified atom stereocenters. The van der Waals surface area contributed by atoms with Crippen molar-refractivity contribution in [2.45, 2.75) is 89.4 Å². The zero-order valence-corrected chi connectivity index (χ0v) is 19.0. The summed E-state index contributed by atoms with van der Waals surface area (Å²) < 4.78 is 5.55. The second kappa shape index (κ2) is 10.8. The molecule has 6 heteroatoms. The molecule has 0 spiro atoms. The molecule has 6 nitrogen and oxygen atoms in total. The lowest BCUT2D eigenvalue weighted by Gasteiger charge is -2.40. The van der Waals surface area contributed by atoms with Gasteiger partial charge in [0.1, 0.15) is 5.82 Å². The van der Waals surface area contributed by atoms with Crippen LogP contribution in [0.3, 0.4) is 0 Å². The van der Waals surface area contributed by atoms with E-state index in [9.17, 15) is 9.90 Å². The summed E-state index contributed by atoms with van der Waals surface area (Å²) in [6, 6.07) is 0.160. The minimum atomic E-state index is -0.417. The van der Waals surface area contributed by atoms with Crippen LogP contribution in [0.5, 0.6) is 0 Å². The largest absolute Gasteiger partial charge is 0.488 e. The van der Waals surface area contributed by atoms with Crippen LogP contribution in [0.1, 0.15) is 71.1 Å². The second-order valence-corrected chi connectivity index (χ2v) is 9.82. The molecule has 1 saturated heterocycles. The molecule has 3 aliphatic heterocycles. The smallest absolute Gasteiger partial charge is 0.269 e. The highest BCUT2D eigenvalue weighted by Gasteiger charge is 2.36. The van der Waals surface area contributed by atoms with Crippen molar-refractivity contribution in [2.24, 2.45) is 16.8 Å². The second-order valence-electron chi connectivity index (χ2n) is 9.82. The monoisotopic (exact) mass is 429 g/mol. The van der Waals surface area contributed by atoms with Gasteiger partial charge in [-0.1, -0.05) is 26.2 Å². The summed E-state index contributed by atoms with van der Waals surface area (Å²) in [5, 5.41) is 10.6. The molecule has 4 aliphatic rings. The number of allylic oxidation sites excluding steroid dienone is 1. The van der Waals surface area contributed by atoms with Crippen molar-refractivity contribution in [3.63, 3.8) is 0 Å². The third kappa shape index (κ3) is 5.78. The Balaban J connectivity index is 1.31. The van der Waals surface area contributed by atoms with Crippen LogP contribution in [0.15, 0.2) is 29.2 Å². The van der Waals surface area contributed by atoms with Crippen LogP contribution in [-0.4, -0.2) is 64.9 Å². The summed E-state index contributed by atoms with van der Waals surface area (Å²) in [4.78, 5) is 22.3. The van der Waals surface area contributed by atoms with Crippen LogP contribution in [0.2, 0.25) is 0 Å². The normalized spacial score (nSPS) is 28.9. The van der Waals surface area contributed by atoms with E-state index in [0.29, 0.717) is 18.3 Å². The van der Waals surface area contributed by atoms with Gasteiger partial charge >= 0.3 is 0 Å². The Morgan fingerprint density at radius 2 is 2.00 bits per heavy atom. The van der Waals surface area contributed by atoms with E-state index in [1.54, 1.807) is 6.26 Å². The van der Waals surface area contributed by atoms with Crippen LogP contribution in [0, 0.1) is 11.8 Å². The highest BCUT2D eigenvalue weighted by atomic mass is 16.5. The molecule has 1 amide bonds. The summed E-state index contributed by atoms with van der Waals surface area (Å²) in [6.07, 6.45) is 17.6. The average Bonchev–Trinajstić information content (AvgIpc) is 3.35. The Kier molecular flexibility index (Phi) is 7.83. The number of aliphatic hydroxyl groups is 1. The number of nitrogens with zero attached hydrogens (tertiary/aromatic N) is 3. The van der Waals surface area contributed by atoms with Crippen molar-refractivity contribution in [3.8, 4) is 0 Å². The lowest BCUT2D eigenvalue weighted by molar-refractivity contribution is -0.140. The number of hydrogen-bond acceptors (Lipinski definition) is 5. The van der Waals surface area contributed by atoms with E-state index in [0.717, 1.165) is 51.1 Å². The minimum Gasteiger partial charge on any atom is -0.488 e. The maximum absolute atomic E-state index is 13.3. The van der Waals surface area contributed by atoms with E-state index in [-0.39, 0.29) is 18.1 Å². The molecule has 0 aromatic rings. The molecule has 172 valence electrons. The molecular formula is C25H39N3O3. The van der Waals surface area contributed by atoms with Crippen LogP contribution >= 0.6 is 0 Å². The van der Waals surface area contributed by atoms with E-state index in [2.05, 4.69) is 22.9 Å². The Labute approximate surface area is 187 Å². The van der Waals surface area contributed by atoms with E-state index < -0.39 is 6.10 Å². The Morgan fingerprint density at radius 3 is 2.65 bits per heavy atom. The molecule has 1 saturated carbocycles. The van der Waals surface area contributed by atoms with Gasteiger partial charge in [-0.3, -0.25) is 9.69 Å². The first-order valence-corrected chi connectivity index (χ1v) is 12.4. The standard InChI is InChI=1S/C25H39N3O3/c1-19-9-10-24(26-18-19)28(25(30)23-8-5-17-31-23)21-11-14-27(15-12-21)16-13-22(29)20-6-3-2-4-7-20/h5,10,17-23,29H,2-4,6-9,11-16H2,1H3. The van der Waals surface area contributed by atoms with Gasteiger partial charge in [-0.25, -0.2) is 4.99 Å². The van der Waals surface area contributed by atoms with Crippen LogP contribution in [0.4, 0.5) is 0 Å². The lowest BCUT2D eigenvalue weighted by atomic mass is 9.84. The summed E-state index contributed by atoms with van der Waals surface area (Å²) in [5.41, 5.74) is 0. The van der Waals surface area contributed by atoms with Crippen molar-refractivity contribution in [1.29, 1.82) is 0 Å². The number of amides is 1. The molecule has 0 aromatic heterocycles. The molecule has 2 fully saturated rings. The Hall–Kier alpha value is -1.66. The topological polar surface area (TPSA) is 65.4 Å². The van der Waals surface area contributed by atoms with Crippen molar-refractivity contribution < 1.29 is 14.6 Å². The maximum Gasteiger partial charge on any atom is 0.269 e. The molecular weight excluding hydrogens is 390 g/mol. The third-order valence-corrected chi connectivity index (χ3v) is 7.44. The highest BCUT2D eigenvalue weighted by molar-refractivity contribution is 5.84. The number of carbonyl (C=O) groups excluding carboxylic acids is 1. The summed E-state index contributed by atoms with van der Waals surface area (Å²) in [5.74, 6) is 1.75. The van der Waals surface area contributed by atoms with Gasteiger partial charge in [0, 0.05) is 38.3 Å². The summed E-state index contributed by atoms with van der Waals surface area (Å²) in [7, 11) is 0. The zero-order chi connectivity index (χ0) is 21.6. The van der Waals surface area contributed by atoms with Crippen molar-refractivity contribution in [2.75, 3.05) is 19.6 Å². The van der Waals surface area contributed by atoms with Crippen molar-refractivity contribution in [1.82, 2.24) is 9.80 Å². The quantitative estimate of drug-likeness (QED) is 0.667. The maximum atomic E-state index is 13.3. The fourth-order valence-electron chi connectivity index (χ4n) is 5.42. The fourth-order valence-corrected chi connectivity index (χ4v) is 5.42. The third-order valence-electron chi connectivity index (χ3n) is 7.44. The number of aliphatic imine (C=N–C) groups is 1. The number of rotatable bonds is 7. The predicted molar refractivity (Wildman–Crippen MR) is 122 cm³/mol. The molecule has 0 aromatic carbocycles. The summed E-state index contributed by atoms with van der Waals surface area (Å²) >= 11 is 0. The van der Waals surface area contributed by atoms with Gasteiger partial charge in [0.15, 0.2) is 6.10 Å². The summed E-state index contributed by atoms with van der Waals surface area (Å²) in [6.45, 7) is 5.02. The van der Waals surface area contributed by atoms with E-state index in [1.807, 2.05) is 17.2 Å². The van der Waals surface area contributed by atoms with Gasteiger partial charge in [-0.15, -0.1) is 0 Å². The molecule has 0 radical (unpaired) electrons. The first-order valence-electron chi connectivity index (χ1n) is 12.4. The van der Waals surface area contributed by atoms with E-state index >= 15 is 0 Å². The Morgan fingerprint density at radius 1 is 1.23 bits per heavy atom. The van der Waals surface area contributed by atoms with Crippen molar-refractivity contribution in [3.05, 3.63) is 24.2 Å². The van der Waals surface area contributed by atoms with Crippen molar-refractivity contribution >= 4 is 12.1 Å². The Bertz CT molecular complexity index is 682. The predicted octanol–water partition coefficient (Wildman–Crippen LogP) is 3.87. The van der Waals surface area contributed by atoms with Crippen LogP contribution in [-0.2, 0) is 9.53 Å². The first kappa shape index (κ1) is 22.5. The molecule has 31 heavy (non-hydrogen) atoms. The lowest BCUT2D eigenvalue weighted by Crippen LogP contribution is -2.50. The number of piperidine rings is 1. The molecule has 3 heterocycles. The number of carbonyl (C=O) groups is 1. The van der Waals surface area contributed by atoms with E-state index in [1.165, 1.54) is 32.1 Å². The molecule has 4 rings (SSSR count). The first-order chi connectivity index (χ1) is 15.1. The number of likely N-dealkylation sites (tertiary alicyclic amines) is 1. The molecule has 1 aliphatic carbocycles. The average molecular weight is 430 g/mol. The number of hydrogen-bond donors (Lipinski definition) is 1. The highest BCUT2D eigenvalue weighted by Crippen LogP contribution is 2.29. The molecule has 1 N–H and O–H groups in total. The number of aliphatic hydroxyl groups excluding tert-OH is 1. The van der Waals surface area contributed by atoms with Gasteiger partial charge in [0.05, 0.1) is 12.4 Å². The van der Waals surface area contributed by atoms with Crippen LogP contribution < -0.4 is 0 Å². The van der Waals surface area contributed by atoms with Gasteiger partial charge < -0.3 is 14.7 Å². The fraction of sp³-hybridized carbons (Fsp3) is 0.760. The number of ether oxygens (including phenoxy) is 1. The van der Waals surface area contributed by atoms with Gasteiger partial charge in [-0.05, 0) is 62.5 Å². The van der Waals surface area contributed by atoms with E-state index in [4.69, 9.17) is 4.74 Å². The molecule has 0 bridgehead atoms. The van der Waals surface area contributed by atoms with Gasteiger partial charge in [0.25, 0.3) is 5.91 Å². The van der Waals surface area contributed by atoms with Crippen LogP contribution in [0.25, 0.3) is 0 Å². The van der Waals surface area contributed by atoms with Gasteiger partial charge in [-0.2, -0.15) is 0 Å². The zero-order valence-electron chi connectivity index (χ0n) is 19.0. The minimum absolute atomic E-state index is 0.0362. The van der Waals surface area contributed by atoms with Gasteiger partial charge in [0.2, 0.25) is 0 Å². The molecule has 3 atom stereocenters.